The van der Waals surface area contributed by atoms with Gasteiger partial charge in [0.1, 0.15) is 0 Å². The van der Waals surface area contributed by atoms with Crippen LogP contribution in [0.3, 0.4) is 0 Å². The van der Waals surface area contributed by atoms with Gasteiger partial charge in [0.25, 0.3) is 0 Å². The molecule has 0 saturated carbocycles. The van der Waals surface area contributed by atoms with E-state index in [1.165, 1.54) is 10.4 Å². The minimum atomic E-state index is -3.48. The van der Waals surface area contributed by atoms with Gasteiger partial charge in [0.05, 0.1) is 11.0 Å². The van der Waals surface area contributed by atoms with Crippen LogP contribution in [-0.4, -0.2) is 39.0 Å². The number of benzene rings is 1. The van der Waals surface area contributed by atoms with Gasteiger partial charge >= 0.3 is 0 Å². The molecule has 1 aromatic rings. The fourth-order valence-corrected chi connectivity index (χ4v) is 3.29. The maximum atomic E-state index is 12.3. The van der Waals surface area contributed by atoms with Crippen LogP contribution in [0.2, 0.25) is 0 Å². The van der Waals surface area contributed by atoms with Crippen LogP contribution < -0.4 is 5.73 Å². The van der Waals surface area contributed by atoms with Crippen molar-refractivity contribution in [3.63, 3.8) is 0 Å². The lowest BCUT2D eigenvalue weighted by Gasteiger charge is -2.20. The Morgan fingerprint density at radius 3 is 2.89 bits per heavy atom. The number of nitrogen functional groups attached to an aromatic ring is 1. The first-order valence-electron chi connectivity index (χ1n) is 5.93. The summed E-state index contributed by atoms with van der Waals surface area (Å²) >= 11 is 0. The fraction of sp³-hybridized carbons (Fsp3) is 0.500. The average molecular weight is 270 g/mol. The molecule has 18 heavy (non-hydrogen) atoms. The second-order valence-electron chi connectivity index (χ2n) is 4.49. The SMILES string of the molecule is CN(CC1CCCO1)S(=O)(=O)c1cccc(N)c1. The summed E-state index contributed by atoms with van der Waals surface area (Å²) in [6.45, 7) is 1.11. The number of anilines is 1. The van der Waals surface area contributed by atoms with Crippen molar-refractivity contribution in [2.75, 3.05) is 25.9 Å². The van der Waals surface area contributed by atoms with E-state index in [1.54, 1.807) is 25.2 Å². The highest BCUT2D eigenvalue weighted by molar-refractivity contribution is 7.89. The van der Waals surface area contributed by atoms with E-state index < -0.39 is 10.0 Å². The van der Waals surface area contributed by atoms with Crippen molar-refractivity contribution in [1.29, 1.82) is 0 Å². The van der Waals surface area contributed by atoms with E-state index in [9.17, 15) is 8.42 Å². The number of hydrogen-bond acceptors (Lipinski definition) is 4. The van der Waals surface area contributed by atoms with E-state index in [0.29, 0.717) is 12.2 Å². The van der Waals surface area contributed by atoms with Crippen LogP contribution in [0.4, 0.5) is 5.69 Å². The minimum absolute atomic E-state index is 0.00540. The molecule has 100 valence electrons. The van der Waals surface area contributed by atoms with E-state index in [1.807, 2.05) is 0 Å². The normalized spacial score (nSPS) is 20.4. The summed E-state index contributed by atoms with van der Waals surface area (Å²) in [6, 6.07) is 6.33. The van der Waals surface area contributed by atoms with Gasteiger partial charge in [-0.15, -0.1) is 0 Å². The Labute approximate surface area is 108 Å². The highest BCUT2D eigenvalue weighted by Crippen LogP contribution is 2.20. The molecule has 2 rings (SSSR count). The molecule has 0 radical (unpaired) electrons. The number of nitrogens with two attached hydrogens (primary N) is 1. The molecule has 6 heteroatoms. The van der Waals surface area contributed by atoms with Crippen LogP contribution in [0.15, 0.2) is 29.2 Å². The molecule has 1 aliphatic heterocycles. The largest absolute Gasteiger partial charge is 0.399 e. The van der Waals surface area contributed by atoms with Gasteiger partial charge in [-0.2, -0.15) is 4.31 Å². The number of likely N-dealkylation sites (N-methyl/N-ethyl adjacent to an activating group) is 1. The van der Waals surface area contributed by atoms with Gasteiger partial charge in [-0.05, 0) is 31.0 Å². The number of sulfonamides is 1. The van der Waals surface area contributed by atoms with Crippen molar-refractivity contribution in [3.05, 3.63) is 24.3 Å². The first-order chi connectivity index (χ1) is 8.50. The monoisotopic (exact) mass is 270 g/mol. The maximum Gasteiger partial charge on any atom is 0.242 e. The lowest BCUT2D eigenvalue weighted by Crippen LogP contribution is -2.34. The number of ether oxygens (including phenoxy) is 1. The highest BCUT2D eigenvalue weighted by Gasteiger charge is 2.25. The molecular weight excluding hydrogens is 252 g/mol. The summed E-state index contributed by atoms with van der Waals surface area (Å²) in [4.78, 5) is 0.225. The van der Waals surface area contributed by atoms with E-state index in [4.69, 9.17) is 10.5 Å². The number of rotatable bonds is 4. The molecule has 1 heterocycles. The summed E-state index contributed by atoms with van der Waals surface area (Å²) in [5.41, 5.74) is 6.06. The molecule has 0 amide bonds. The first-order valence-corrected chi connectivity index (χ1v) is 7.37. The smallest absolute Gasteiger partial charge is 0.242 e. The molecule has 5 nitrogen and oxygen atoms in total. The third-order valence-corrected chi connectivity index (χ3v) is 4.87. The van der Waals surface area contributed by atoms with Crippen LogP contribution in [0.25, 0.3) is 0 Å². The first kappa shape index (κ1) is 13.3. The molecule has 1 atom stereocenters. The predicted octanol–water partition coefficient (Wildman–Crippen LogP) is 1.07. The van der Waals surface area contributed by atoms with Crippen molar-refractivity contribution in [2.24, 2.45) is 0 Å². The second kappa shape index (κ2) is 5.26. The number of hydrogen-bond donors (Lipinski definition) is 1. The molecule has 0 aliphatic carbocycles. The molecule has 0 aromatic heterocycles. The molecule has 1 saturated heterocycles. The Morgan fingerprint density at radius 1 is 1.50 bits per heavy atom. The molecule has 2 N–H and O–H groups in total. The zero-order valence-electron chi connectivity index (χ0n) is 10.4. The van der Waals surface area contributed by atoms with E-state index >= 15 is 0 Å². The Balaban J connectivity index is 2.14. The van der Waals surface area contributed by atoms with E-state index in [-0.39, 0.29) is 11.0 Å². The topological polar surface area (TPSA) is 72.6 Å². The summed E-state index contributed by atoms with van der Waals surface area (Å²) < 4.78 is 31.4. The van der Waals surface area contributed by atoms with Gasteiger partial charge in [-0.1, -0.05) is 6.07 Å². The van der Waals surface area contributed by atoms with Crippen LogP contribution in [0.5, 0.6) is 0 Å². The molecule has 1 aromatic carbocycles. The number of nitrogens with zero attached hydrogens (tertiary/aromatic N) is 1. The van der Waals surface area contributed by atoms with Gasteiger partial charge < -0.3 is 10.5 Å². The Kier molecular flexibility index (Phi) is 3.89. The lowest BCUT2D eigenvalue weighted by atomic mass is 10.2. The summed E-state index contributed by atoms with van der Waals surface area (Å²) in [6.07, 6.45) is 1.92. The van der Waals surface area contributed by atoms with Crippen molar-refractivity contribution >= 4 is 15.7 Å². The summed E-state index contributed by atoms with van der Waals surface area (Å²) in [5, 5.41) is 0. The van der Waals surface area contributed by atoms with Crippen LogP contribution in [0.1, 0.15) is 12.8 Å². The average Bonchev–Trinajstić information content (AvgIpc) is 2.81. The zero-order valence-corrected chi connectivity index (χ0v) is 11.2. The van der Waals surface area contributed by atoms with Gasteiger partial charge in [0, 0.05) is 25.9 Å². The quantitative estimate of drug-likeness (QED) is 0.831. The van der Waals surface area contributed by atoms with Crippen LogP contribution in [-0.2, 0) is 14.8 Å². The standard InChI is InChI=1S/C12H18N2O3S/c1-14(9-11-5-3-7-17-11)18(15,16)12-6-2-4-10(13)8-12/h2,4,6,8,11H,3,5,7,9,13H2,1H3. The molecular formula is C12H18N2O3S. The third-order valence-electron chi connectivity index (χ3n) is 3.05. The van der Waals surface area contributed by atoms with Crippen molar-refractivity contribution in [3.8, 4) is 0 Å². The Bertz CT molecular complexity index is 510. The van der Waals surface area contributed by atoms with E-state index in [2.05, 4.69) is 0 Å². The van der Waals surface area contributed by atoms with Gasteiger partial charge in [0.2, 0.25) is 10.0 Å². The summed E-state index contributed by atoms with van der Waals surface area (Å²) in [5.74, 6) is 0. The maximum absolute atomic E-state index is 12.3. The Morgan fingerprint density at radius 2 is 2.28 bits per heavy atom. The van der Waals surface area contributed by atoms with Crippen LogP contribution >= 0.6 is 0 Å². The molecule has 1 unspecified atom stereocenters. The van der Waals surface area contributed by atoms with E-state index in [0.717, 1.165) is 19.4 Å². The highest BCUT2D eigenvalue weighted by atomic mass is 32.2. The second-order valence-corrected chi connectivity index (χ2v) is 6.54. The van der Waals surface area contributed by atoms with Crippen molar-refractivity contribution in [2.45, 2.75) is 23.8 Å². The molecule has 0 spiro atoms. The zero-order chi connectivity index (χ0) is 13.2. The molecule has 1 aliphatic rings. The Hall–Kier alpha value is -1.11. The van der Waals surface area contributed by atoms with Crippen molar-refractivity contribution < 1.29 is 13.2 Å². The van der Waals surface area contributed by atoms with Gasteiger partial charge in [-0.25, -0.2) is 8.42 Å². The molecule has 1 fully saturated rings. The predicted molar refractivity (Wildman–Crippen MR) is 69.6 cm³/mol. The van der Waals surface area contributed by atoms with Gasteiger partial charge in [-0.3, -0.25) is 0 Å². The molecule has 0 bridgehead atoms. The fourth-order valence-electron chi connectivity index (χ4n) is 2.03. The lowest BCUT2D eigenvalue weighted by molar-refractivity contribution is 0.0979. The van der Waals surface area contributed by atoms with Gasteiger partial charge in [0.15, 0.2) is 0 Å². The van der Waals surface area contributed by atoms with Crippen molar-refractivity contribution in [1.82, 2.24) is 4.31 Å². The third kappa shape index (κ3) is 2.82. The van der Waals surface area contributed by atoms with Crippen LogP contribution in [0, 0.1) is 0 Å². The summed E-state index contributed by atoms with van der Waals surface area (Å²) in [7, 11) is -1.91. The minimum Gasteiger partial charge on any atom is -0.399 e.